The third-order valence-electron chi connectivity index (χ3n) is 3.01. The van der Waals surface area contributed by atoms with Crippen molar-refractivity contribution in [1.82, 2.24) is 9.97 Å². The molecule has 0 radical (unpaired) electrons. The zero-order valence-corrected chi connectivity index (χ0v) is 10.6. The Morgan fingerprint density at radius 3 is 2.60 bits per heavy atom. The highest BCUT2D eigenvalue weighted by atomic mass is 16.6. The van der Waals surface area contributed by atoms with E-state index in [1.54, 1.807) is 12.3 Å². The summed E-state index contributed by atoms with van der Waals surface area (Å²) in [6, 6.07) is 14.9. The van der Waals surface area contributed by atoms with E-state index in [-0.39, 0.29) is 5.90 Å². The smallest absolute Gasteiger partial charge is 0.238 e. The van der Waals surface area contributed by atoms with Gasteiger partial charge in [0, 0.05) is 17.1 Å². The minimum absolute atomic E-state index is 0.0965. The monoisotopic (exact) mass is 264 g/mol. The Kier molecular flexibility index (Phi) is 3.10. The number of rotatable bonds is 2. The average Bonchev–Trinajstić information content (AvgIpc) is 2.54. The minimum Gasteiger partial charge on any atom is -0.391 e. The number of para-hydroxylation sites is 1. The molecule has 98 valence electrons. The second-order valence-corrected chi connectivity index (χ2v) is 4.23. The number of aromatic nitrogens is 2. The van der Waals surface area contributed by atoms with Crippen LogP contribution in [0.15, 0.2) is 54.7 Å². The van der Waals surface area contributed by atoms with E-state index in [2.05, 4.69) is 14.8 Å². The summed E-state index contributed by atoms with van der Waals surface area (Å²) in [5.41, 5.74) is 2.79. The van der Waals surface area contributed by atoms with Gasteiger partial charge in [-0.3, -0.25) is 10.4 Å². The molecule has 0 atom stereocenters. The fraction of sp³-hybridized carbons (Fsp3) is 0. The molecule has 0 aliphatic carbocycles. The Balaban J connectivity index is 2.28. The van der Waals surface area contributed by atoms with E-state index in [1.165, 1.54) is 0 Å². The fourth-order valence-corrected chi connectivity index (χ4v) is 2.07. The summed E-state index contributed by atoms with van der Waals surface area (Å²) in [4.78, 5) is 13.4. The number of benzene rings is 1. The van der Waals surface area contributed by atoms with Crippen LogP contribution in [0.3, 0.4) is 0 Å². The van der Waals surface area contributed by atoms with E-state index in [4.69, 9.17) is 11.3 Å². The Labute approximate surface area is 115 Å². The molecule has 3 aromatic rings. The summed E-state index contributed by atoms with van der Waals surface area (Å²) in [5.74, 6) is 5.03. The van der Waals surface area contributed by atoms with E-state index < -0.39 is 0 Å². The maximum absolute atomic E-state index is 7.82. The van der Waals surface area contributed by atoms with Crippen LogP contribution in [-0.2, 0) is 4.84 Å². The normalized spacial score (nSPS) is 10.4. The number of hydrogen-bond acceptors (Lipinski definition) is 5. The maximum Gasteiger partial charge on any atom is 0.238 e. The highest BCUT2D eigenvalue weighted by molar-refractivity contribution is 6.05. The van der Waals surface area contributed by atoms with Gasteiger partial charge in [0.15, 0.2) is 0 Å². The Morgan fingerprint density at radius 1 is 1.05 bits per heavy atom. The molecular formula is C15H12N4O. The van der Waals surface area contributed by atoms with Crippen LogP contribution in [0.1, 0.15) is 5.56 Å². The third-order valence-corrected chi connectivity index (χ3v) is 3.01. The second-order valence-electron chi connectivity index (χ2n) is 4.23. The van der Waals surface area contributed by atoms with Gasteiger partial charge in [-0.05, 0) is 24.3 Å². The predicted octanol–water partition coefficient (Wildman–Crippen LogP) is 2.51. The first kappa shape index (κ1) is 12.3. The molecule has 0 unspecified atom stereocenters. The zero-order chi connectivity index (χ0) is 13.9. The van der Waals surface area contributed by atoms with Gasteiger partial charge < -0.3 is 4.84 Å². The lowest BCUT2D eigenvalue weighted by molar-refractivity contribution is 0.319. The first-order valence-electron chi connectivity index (χ1n) is 6.06. The van der Waals surface area contributed by atoms with E-state index in [0.29, 0.717) is 11.3 Å². The van der Waals surface area contributed by atoms with E-state index in [0.717, 1.165) is 16.6 Å². The molecule has 5 heteroatoms. The minimum atomic E-state index is -0.0965. The summed E-state index contributed by atoms with van der Waals surface area (Å²) in [6.07, 6.45) is 1.70. The largest absolute Gasteiger partial charge is 0.391 e. The predicted molar refractivity (Wildman–Crippen MR) is 77.1 cm³/mol. The molecule has 0 saturated heterocycles. The van der Waals surface area contributed by atoms with E-state index >= 15 is 0 Å². The van der Waals surface area contributed by atoms with Gasteiger partial charge in [0.05, 0.1) is 16.9 Å². The first-order chi connectivity index (χ1) is 9.79. The van der Waals surface area contributed by atoms with Crippen LogP contribution < -0.4 is 5.90 Å². The zero-order valence-electron chi connectivity index (χ0n) is 10.6. The SMILES string of the molecule is N=C(ON)c1cc(-c2ccccn2)nc2ccccc12. The molecule has 5 nitrogen and oxygen atoms in total. The molecule has 0 aliphatic heterocycles. The van der Waals surface area contributed by atoms with Crippen molar-refractivity contribution in [3.05, 3.63) is 60.3 Å². The summed E-state index contributed by atoms with van der Waals surface area (Å²) >= 11 is 0. The van der Waals surface area contributed by atoms with Crippen molar-refractivity contribution in [2.24, 2.45) is 5.90 Å². The van der Waals surface area contributed by atoms with Crippen LogP contribution >= 0.6 is 0 Å². The number of fused-ring (bicyclic) bond motifs is 1. The molecule has 1 aromatic carbocycles. The van der Waals surface area contributed by atoms with E-state index in [1.807, 2.05) is 42.5 Å². The van der Waals surface area contributed by atoms with Gasteiger partial charge in [-0.25, -0.2) is 4.98 Å². The molecular weight excluding hydrogens is 252 g/mol. The Bertz CT molecular complexity index is 771. The molecule has 3 N–H and O–H groups in total. The average molecular weight is 264 g/mol. The number of pyridine rings is 2. The van der Waals surface area contributed by atoms with Gasteiger partial charge in [0.2, 0.25) is 5.90 Å². The maximum atomic E-state index is 7.82. The summed E-state index contributed by atoms with van der Waals surface area (Å²) < 4.78 is 0. The van der Waals surface area contributed by atoms with Gasteiger partial charge in [0.25, 0.3) is 0 Å². The summed E-state index contributed by atoms with van der Waals surface area (Å²) in [6.45, 7) is 0. The number of hydrogen-bond donors (Lipinski definition) is 2. The Hall–Kier alpha value is -2.79. The molecule has 0 aliphatic rings. The standard InChI is InChI=1S/C15H12N4O/c16-15(20-17)11-9-14(13-7-3-4-8-18-13)19-12-6-2-1-5-10(11)12/h1-9,16H,17H2. The first-order valence-corrected chi connectivity index (χ1v) is 6.06. The van der Waals surface area contributed by atoms with Crippen molar-refractivity contribution in [1.29, 1.82) is 5.41 Å². The van der Waals surface area contributed by atoms with Crippen LogP contribution in [0.2, 0.25) is 0 Å². The summed E-state index contributed by atoms with van der Waals surface area (Å²) in [5, 5.41) is 8.65. The van der Waals surface area contributed by atoms with Crippen LogP contribution in [0.5, 0.6) is 0 Å². The van der Waals surface area contributed by atoms with Crippen molar-refractivity contribution in [2.75, 3.05) is 0 Å². The molecule has 3 rings (SSSR count). The van der Waals surface area contributed by atoms with Crippen molar-refractivity contribution in [2.45, 2.75) is 0 Å². The fourth-order valence-electron chi connectivity index (χ4n) is 2.07. The van der Waals surface area contributed by atoms with Gasteiger partial charge in [0.1, 0.15) is 0 Å². The van der Waals surface area contributed by atoms with Gasteiger partial charge in [-0.2, -0.15) is 5.90 Å². The van der Waals surface area contributed by atoms with E-state index in [9.17, 15) is 0 Å². The van der Waals surface area contributed by atoms with Crippen LogP contribution in [0.4, 0.5) is 0 Å². The van der Waals surface area contributed by atoms with Crippen LogP contribution in [-0.4, -0.2) is 15.9 Å². The highest BCUT2D eigenvalue weighted by Crippen LogP contribution is 2.23. The molecule has 20 heavy (non-hydrogen) atoms. The lowest BCUT2D eigenvalue weighted by Gasteiger charge is -2.09. The van der Waals surface area contributed by atoms with Crippen molar-refractivity contribution >= 4 is 16.8 Å². The molecule has 0 fully saturated rings. The molecule has 0 spiro atoms. The third kappa shape index (κ3) is 2.10. The quantitative estimate of drug-likeness (QED) is 0.423. The second kappa shape index (κ2) is 5.07. The van der Waals surface area contributed by atoms with Crippen molar-refractivity contribution < 1.29 is 4.84 Å². The molecule has 0 bridgehead atoms. The van der Waals surface area contributed by atoms with Crippen LogP contribution in [0, 0.1) is 5.41 Å². The molecule has 2 heterocycles. The van der Waals surface area contributed by atoms with Crippen LogP contribution in [0.25, 0.3) is 22.3 Å². The Morgan fingerprint density at radius 2 is 1.85 bits per heavy atom. The number of nitrogens with zero attached hydrogens (tertiary/aromatic N) is 2. The van der Waals surface area contributed by atoms with Crippen molar-refractivity contribution in [3.63, 3.8) is 0 Å². The number of nitrogens with two attached hydrogens (primary N) is 1. The molecule has 2 aromatic heterocycles. The highest BCUT2D eigenvalue weighted by Gasteiger charge is 2.12. The lowest BCUT2D eigenvalue weighted by atomic mass is 10.1. The summed E-state index contributed by atoms with van der Waals surface area (Å²) in [7, 11) is 0. The topological polar surface area (TPSA) is 84.9 Å². The van der Waals surface area contributed by atoms with Gasteiger partial charge in [-0.15, -0.1) is 0 Å². The lowest BCUT2D eigenvalue weighted by Crippen LogP contribution is -2.11. The van der Waals surface area contributed by atoms with Gasteiger partial charge >= 0.3 is 0 Å². The van der Waals surface area contributed by atoms with Gasteiger partial charge in [-0.1, -0.05) is 24.3 Å². The van der Waals surface area contributed by atoms with Crippen molar-refractivity contribution in [3.8, 4) is 11.4 Å². The number of nitrogens with one attached hydrogen (secondary N) is 1. The molecule has 0 saturated carbocycles. The molecule has 0 amide bonds.